The van der Waals surface area contributed by atoms with Gasteiger partial charge >= 0.3 is 6.03 Å². The quantitative estimate of drug-likeness (QED) is 0.822. The van der Waals surface area contributed by atoms with Crippen LogP contribution in [0.4, 0.5) is 14.9 Å². The largest absolute Gasteiger partial charge is 0.338 e. The van der Waals surface area contributed by atoms with Crippen LogP contribution in [0.2, 0.25) is 0 Å². The Bertz CT molecular complexity index is 601. The second-order valence-electron chi connectivity index (χ2n) is 4.45. The second kappa shape index (κ2) is 7.69. The maximum absolute atomic E-state index is 13.4. The summed E-state index contributed by atoms with van der Waals surface area (Å²) in [5.74, 6) is -0.243. The van der Waals surface area contributed by atoms with Gasteiger partial charge in [-0.3, -0.25) is 0 Å². The molecule has 0 saturated heterocycles. The maximum atomic E-state index is 13.4. The van der Waals surface area contributed by atoms with Crippen molar-refractivity contribution in [2.24, 2.45) is 0 Å². The molecule has 0 spiro atoms. The lowest BCUT2D eigenvalue weighted by atomic mass is 10.1. The number of amides is 2. The molecule has 2 aromatic rings. The molecule has 0 bridgehead atoms. The van der Waals surface area contributed by atoms with Gasteiger partial charge < -0.3 is 10.6 Å². The smallest absolute Gasteiger partial charge is 0.319 e. The van der Waals surface area contributed by atoms with Crippen molar-refractivity contribution in [2.75, 3.05) is 18.1 Å². The molecule has 0 aliphatic carbocycles. The van der Waals surface area contributed by atoms with Gasteiger partial charge in [0.15, 0.2) is 0 Å². The molecule has 110 valence electrons. The van der Waals surface area contributed by atoms with Crippen molar-refractivity contribution in [3.8, 4) is 0 Å². The second-order valence-corrected chi connectivity index (χ2v) is 5.33. The number of urea groups is 1. The van der Waals surface area contributed by atoms with Crippen LogP contribution in [0.3, 0.4) is 0 Å². The van der Waals surface area contributed by atoms with E-state index in [-0.39, 0.29) is 11.8 Å². The summed E-state index contributed by atoms with van der Waals surface area (Å²) < 4.78 is 13.4. The van der Waals surface area contributed by atoms with Gasteiger partial charge in [-0.25, -0.2) is 9.18 Å². The summed E-state index contributed by atoms with van der Waals surface area (Å²) in [6.07, 6.45) is 2.46. The van der Waals surface area contributed by atoms with E-state index in [1.807, 2.05) is 30.5 Å². The van der Waals surface area contributed by atoms with Crippen molar-refractivity contribution in [1.82, 2.24) is 5.32 Å². The van der Waals surface area contributed by atoms with Gasteiger partial charge in [0, 0.05) is 17.1 Å². The normalized spacial score (nSPS) is 10.2. The summed E-state index contributed by atoms with van der Waals surface area (Å²) in [5, 5.41) is 5.45. The fraction of sp³-hybridized carbons (Fsp3) is 0.188. The maximum Gasteiger partial charge on any atom is 0.319 e. The molecule has 0 atom stereocenters. The fourth-order valence-electron chi connectivity index (χ4n) is 1.86. The first-order valence-electron chi connectivity index (χ1n) is 6.61. The van der Waals surface area contributed by atoms with Gasteiger partial charge in [0.05, 0.1) is 0 Å². The third-order valence-electron chi connectivity index (χ3n) is 2.99. The molecule has 0 aromatic heterocycles. The van der Waals surface area contributed by atoms with E-state index in [0.717, 1.165) is 10.6 Å². The molecule has 2 N–H and O–H groups in total. The van der Waals surface area contributed by atoms with E-state index in [4.69, 9.17) is 0 Å². The average molecular weight is 304 g/mol. The Balaban J connectivity index is 1.78. The number of hydrogen-bond acceptors (Lipinski definition) is 2. The first kappa shape index (κ1) is 15.4. The lowest BCUT2D eigenvalue weighted by molar-refractivity contribution is 0.252. The third-order valence-corrected chi connectivity index (χ3v) is 3.73. The third kappa shape index (κ3) is 4.79. The molecule has 0 aliphatic rings. The number of thioether (sulfide) groups is 1. The van der Waals surface area contributed by atoms with Crippen LogP contribution in [-0.4, -0.2) is 18.8 Å². The molecule has 3 nitrogen and oxygen atoms in total. The van der Waals surface area contributed by atoms with Gasteiger partial charge in [0.1, 0.15) is 5.82 Å². The summed E-state index contributed by atoms with van der Waals surface area (Å²) in [4.78, 5) is 12.9. The number of halogens is 1. The van der Waals surface area contributed by atoms with Crippen LogP contribution in [0.1, 0.15) is 5.56 Å². The molecule has 2 rings (SSSR count). The standard InChI is InChI=1S/C16H17FN2OS/c1-21-14-8-6-13(7-9-14)19-16(20)18-11-10-12-4-2-3-5-15(12)17/h2-9H,10-11H2,1H3,(H2,18,19,20). The number of carbonyl (C=O) groups excluding carboxylic acids is 1. The highest BCUT2D eigenvalue weighted by atomic mass is 32.2. The zero-order valence-corrected chi connectivity index (χ0v) is 12.5. The van der Waals surface area contributed by atoms with Crippen molar-refractivity contribution in [1.29, 1.82) is 0 Å². The van der Waals surface area contributed by atoms with Crippen LogP contribution in [0.25, 0.3) is 0 Å². The van der Waals surface area contributed by atoms with E-state index >= 15 is 0 Å². The Labute approximate surface area is 127 Å². The minimum atomic E-state index is -0.289. The minimum absolute atomic E-state index is 0.243. The van der Waals surface area contributed by atoms with E-state index in [1.54, 1.807) is 30.0 Å². The molecular weight excluding hydrogens is 287 g/mol. The zero-order valence-electron chi connectivity index (χ0n) is 11.7. The topological polar surface area (TPSA) is 41.1 Å². The van der Waals surface area contributed by atoms with E-state index in [0.29, 0.717) is 18.5 Å². The van der Waals surface area contributed by atoms with Crippen molar-refractivity contribution in [2.45, 2.75) is 11.3 Å². The van der Waals surface area contributed by atoms with Gasteiger partial charge in [0.2, 0.25) is 0 Å². The van der Waals surface area contributed by atoms with Crippen LogP contribution < -0.4 is 10.6 Å². The summed E-state index contributed by atoms with van der Waals surface area (Å²) in [7, 11) is 0. The van der Waals surface area contributed by atoms with E-state index < -0.39 is 0 Å². The molecule has 5 heteroatoms. The molecular formula is C16H17FN2OS. The monoisotopic (exact) mass is 304 g/mol. The van der Waals surface area contributed by atoms with Crippen LogP contribution >= 0.6 is 11.8 Å². The number of anilines is 1. The van der Waals surface area contributed by atoms with Crippen LogP contribution in [0.5, 0.6) is 0 Å². The number of nitrogens with one attached hydrogen (secondary N) is 2. The Hall–Kier alpha value is -2.01. The van der Waals surface area contributed by atoms with Crippen LogP contribution in [-0.2, 0) is 6.42 Å². The van der Waals surface area contributed by atoms with Gasteiger partial charge in [-0.1, -0.05) is 18.2 Å². The lowest BCUT2D eigenvalue weighted by Crippen LogP contribution is -2.30. The molecule has 0 fully saturated rings. The summed E-state index contributed by atoms with van der Waals surface area (Å²) in [6.45, 7) is 0.385. The molecule has 2 amide bonds. The number of hydrogen-bond donors (Lipinski definition) is 2. The molecule has 0 heterocycles. The first-order chi connectivity index (χ1) is 10.2. The Morgan fingerprint density at radius 2 is 1.86 bits per heavy atom. The molecule has 0 unspecified atom stereocenters. The summed E-state index contributed by atoms with van der Waals surface area (Å²) in [6, 6.07) is 13.9. The van der Waals surface area contributed by atoms with E-state index in [2.05, 4.69) is 10.6 Å². The highest BCUT2D eigenvalue weighted by Crippen LogP contribution is 2.17. The van der Waals surface area contributed by atoms with Gasteiger partial charge in [0.25, 0.3) is 0 Å². The fourth-order valence-corrected chi connectivity index (χ4v) is 2.27. The van der Waals surface area contributed by atoms with E-state index in [1.165, 1.54) is 6.07 Å². The Kier molecular flexibility index (Phi) is 5.63. The number of benzene rings is 2. The predicted octanol–water partition coefficient (Wildman–Crippen LogP) is 3.91. The number of rotatable bonds is 5. The summed E-state index contributed by atoms with van der Waals surface area (Å²) in [5.41, 5.74) is 1.33. The van der Waals surface area contributed by atoms with E-state index in [9.17, 15) is 9.18 Å². The zero-order chi connectivity index (χ0) is 15.1. The van der Waals surface area contributed by atoms with Crippen molar-refractivity contribution in [3.63, 3.8) is 0 Å². The predicted molar refractivity (Wildman–Crippen MR) is 85.3 cm³/mol. The van der Waals surface area contributed by atoms with Crippen molar-refractivity contribution >= 4 is 23.5 Å². The Morgan fingerprint density at radius 3 is 2.52 bits per heavy atom. The number of carbonyl (C=O) groups is 1. The lowest BCUT2D eigenvalue weighted by Gasteiger charge is -2.08. The molecule has 0 radical (unpaired) electrons. The SMILES string of the molecule is CSc1ccc(NC(=O)NCCc2ccccc2F)cc1. The highest BCUT2D eigenvalue weighted by molar-refractivity contribution is 7.98. The first-order valence-corrected chi connectivity index (χ1v) is 7.84. The van der Waals surface area contributed by atoms with Crippen molar-refractivity contribution in [3.05, 3.63) is 59.9 Å². The molecule has 2 aromatic carbocycles. The van der Waals surface area contributed by atoms with Gasteiger partial charge in [-0.2, -0.15) is 0 Å². The van der Waals surface area contributed by atoms with Crippen LogP contribution in [0.15, 0.2) is 53.4 Å². The highest BCUT2D eigenvalue weighted by Gasteiger charge is 2.03. The van der Waals surface area contributed by atoms with Gasteiger partial charge in [-0.15, -0.1) is 11.8 Å². The Morgan fingerprint density at radius 1 is 1.14 bits per heavy atom. The molecule has 0 saturated carbocycles. The molecule has 21 heavy (non-hydrogen) atoms. The minimum Gasteiger partial charge on any atom is -0.338 e. The van der Waals surface area contributed by atoms with Crippen molar-refractivity contribution < 1.29 is 9.18 Å². The summed E-state index contributed by atoms with van der Waals surface area (Å²) >= 11 is 1.65. The van der Waals surface area contributed by atoms with Crippen LogP contribution in [0, 0.1) is 5.82 Å². The van der Waals surface area contributed by atoms with Gasteiger partial charge in [-0.05, 0) is 48.6 Å². The average Bonchev–Trinajstić information content (AvgIpc) is 2.50. The molecule has 0 aliphatic heterocycles.